The van der Waals surface area contributed by atoms with E-state index in [1.807, 2.05) is 0 Å². The maximum absolute atomic E-state index is 13.7. The third-order valence-corrected chi connectivity index (χ3v) is 9.79. The van der Waals surface area contributed by atoms with Crippen LogP contribution >= 0.6 is 0 Å². The van der Waals surface area contributed by atoms with E-state index in [9.17, 15) is 34.0 Å². The van der Waals surface area contributed by atoms with Crippen molar-refractivity contribution < 1.29 is 34.0 Å². The molecule has 1 fully saturated rings. The average Bonchev–Trinajstić information content (AvgIpc) is 2.99. The molecule has 0 radical (unpaired) electrons. The van der Waals surface area contributed by atoms with Crippen LogP contribution in [0.1, 0.15) is 6.42 Å². The maximum Gasteiger partial charge on any atom is 0.262 e. The van der Waals surface area contributed by atoms with Gasteiger partial charge in [-0.1, -0.05) is 12.1 Å². The Labute approximate surface area is 161 Å². The predicted molar refractivity (Wildman–Crippen MR) is 97.9 cm³/mol. The Bertz CT molecular complexity index is 1220. The van der Waals surface area contributed by atoms with Gasteiger partial charge in [-0.25, -0.2) is 34.0 Å². The highest BCUT2D eigenvalue weighted by molar-refractivity contribution is 7.96. The molecule has 2 aromatic rings. The van der Waals surface area contributed by atoms with E-state index in [0.717, 1.165) is 42.5 Å². The van der Waals surface area contributed by atoms with Crippen LogP contribution in [0.3, 0.4) is 0 Å². The van der Waals surface area contributed by atoms with Crippen LogP contribution in [0.25, 0.3) is 0 Å². The lowest BCUT2D eigenvalue weighted by molar-refractivity contribution is 0.580. The molecule has 0 bridgehead atoms. The molecule has 3 rings (SSSR count). The smallest absolute Gasteiger partial charge is 0.262 e. The fourth-order valence-electron chi connectivity index (χ4n) is 2.81. The highest BCUT2D eigenvalue weighted by atomic mass is 32.2. The second-order valence-corrected chi connectivity index (χ2v) is 12.4. The molecular formula is C16H15F2NO6S3. The largest absolute Gasteiger partial charge is 0.274 e. The molecule has 7 nitrogen and oxygen atoms in total. The molecule has 0 saturated carbocycles. The Hall–Kier alpha value is -2.05. The number of benzene rings is 2. The van der Waals surface area contributed by atoms with Gasteiger partial charge in [-0.15, -0.1) is 0 Å². The topological polar surface area (TPSA) is 114 Å². The van der Waals surface area contributed by atoms with Gasteiger partial charge in [0, 0.05) is 0 Å². The second kappa shape index (κ2) is 7.08. The van der Waals surface area contributed by atoms with Crippen molar-refractivity contribution in [3.05, 3.63) is 54.1 Å². The van der Waals surface area contributed by atoms with Gasteiger partial charge in [-0.3, -0.25) is 4.72 Å². The normalized spacial score (nSPS) is 19.4. The number of rotatable bonds is 5. The zero-order valence-electron chi connectivity index (χ0n) is 14.2. The highest BCUT2D eigenvalue weighted by Crippen LogP contribution is 2.28. The molecule has 1 N–H and O–H groups in total. The molecule has 1 atom stereocenters. The summed E-state index contributed by atoms with van der Waals surface area (Å²) in [6.45, 7) is 0. The van der Waals surface area contributed by atoms with Gasteiger partial charge in [0.15, 0.2) is 19.7 Å². The van der Waals surface area contributed by atoms with Gasteiger partial charge in [0.1, 0.15) is 17.3 Å². The summed E-state index contributed by atoms with van der Waals surface area (Å²) in [4.78, 5) is -0.913. The molecule has 0 aliphatic carbocycles. The summed E-state index contributed by atoms with van der Waals surface area (Å²) in [5.74, 6) is -3.07. The van der Waals surface area contributed by atoms with E-state index in [4.69, 9.17) is 0 Å². The predicted octanol–water partition coefficient (Wildman–Crippen LogP) is 1.73. The van der Waals surface area contributed by atoms with Crippen molar-refractivity contribution in [2.24, 2.45) is 0 Å². The van der Waals surface area contributed by atoms with Gasteiger partial charge in [0.05, 0.1) is 26.5 Å². The molecule has 1 aliphatic rings. The molecule has 0 amide bonds. The molecule has 1 saturated heterocycles. The van der Waals surface area contributed by atoms with Crippen LogP contribution in [-0.2, 0) is 29.7 Å². The molecule has 1 heterocycles. The lowest BCUT2D eigenvalue weighted by Crippen LogP contribution is -2.23. The van der Waals surface area contributed by atoms with Gasteiger partial charge in [0.25, 0.3) is 10.0 Å². The summed E-state index contributed by atoms with van der Waals surface area (Å²) >= 11 is 0. The minimum absolute atomic E-state index is 0.0830. The van der Waals surface area contributed by atoms with E-state index in [2.05, 4.69) is 0 Å². The summed E-state index contributed by atoms with van der Waals surface area (Å²) in [6, 6.07) is 6.98. The van der Waals surface area contributed by atoms with Crippen LogP contribution in [0.4, 0.5) is 14.5 Å². The Morgan fingerprint density at radius 1 is 0.929 bits per heavy atom. The van der Waals surface area contributed by atoms with E-state index in [-0.39, 0.29) is 17.1 Å². The molecule has 2 aromatic carbocycles. The summed E-state index contributed by atoms with van der Waals surface area (Å²) in [7, 11) is -12.1. The molecule has 12 heteroatoms. The molecular weight excluding hydrogens is 436 g/mol. The molecule has 0 aromatic heterocycles. The molecule has 152 valence electrons. The molecule has 0 unspecified atom stereocenters. The van der Waals surface area contributed by atoms with E-state index >= 15 is 0 Å². The van der Waals surface area contributed by atoms with Gasteiger partial charge >= 0.3 is 0 Å². The third kappa shape index (κ3) is 4.03. The number of hydrogen-bond donors (Lipinski definition) is 1. The molecule has 1 aliphatic heterocycles. The van der Waals surface area contributed by atoms with Crippen molar-refractivity contribution in [2.75, 3.05) is 16.2 Å². The van der Waals surface area contributed by atoms with Crippen molar-refractivity contribution in [1.82, 2.24) is 0 Å². The number of nitrogens with one attached hydrogen (secondary N) is 1. The zero-order chi connectivity index (χ0) is 20.7. The standard InChI is InChI=1S/C16H15F2NO6S3/c17-14-5-2-6-15(18)16(14)19-28(24,25)12-4-1-3-11(9-12)27(22,23)13-7-8-26(20,21)10-13/h1-6,9,13,19H,7-8,10H2/t13-/m0/s1. The van der Waals surface area contributed by atoms with Gasteiger partial charge < -0.3 is 0 Å². The van der Waals surface area contributed by atoms with Crippen molar-refractivity contribution >= 4 is 35.4 Å². The van der Waals surface area contributed by atoms with Crippen LogP contribution < -0.4 is 4.72 Å². The first-order chi connectivity index (χ1) is 12.9. The lowest BCUT2D eigenvalue weighted by atomic mass is 10.3. The van der Waals surface area contributed by atoms with E-state index in [0.29, 0.717) is 0 Å². The molecule has 28 heavy (non-hydrogen) atoms. The molecule has 0 spiro atoms. The quantitative estimate of drug-likeness (QED) is 0.741. The fourth-order valence-corrected chi connectivity index (χ4v) is 8.40. The SMILES string of the molecule is O=S1(=O)CC[C@H](S(=O)(=O)c2cccc(S(=O)(=O)Nc3c(F)cccc3F)c2)C1. The Balaban J connectivity index is 1.97. The fraction of sp³-hybridized carbons (Fsp3) is 0.250. The summed E-state index contributed by atoms with van der Waals surface area (Å²) < 4.78 is 103. The first-order valence-electron chi connectivity index (χ1n) is 7.94. The zero-order valence-corrected chi connectivity index (χ0v) is 16.6. The first kappa shape index (κ1) is 20.7. The number of halogens is 2. The minimum atomic E-state index is -4.50. The van der Waals surface area contributed by atoms with E-state index in [1.165, 1.54) is 0 Å². The van der Waals surface area contributed by atoms with E-state index in [1.54, 1.807) is 4.72 Å². The van der Waals surface area contributed by atoms with Crippen LogP contribution in [0.5, 0.6) is 0 Å². The number of hydrogen-bond acceptors (Lipinski definition) is 6. The Morgan fingerprint density at radius 3 is 2.07 bits per heavy atom. The lowest BCUT2D eigenvalue weighted by Gasteiger charge is -2.13. The Morgan fingerprint density at radius 2 is 1.50 bits per heavy atom. The monoisotopic (exact) mass is 451 g/mol. The van der Waals surface area contributed by atoms with Gasteiger partial charge in [0.2, 0.25) is 0 Å². The van der Waals surface area contributed by atoms with E-state index < -0.39 is 62.9 Å². The van der Waals surface area contributed by atoms with Crippen LogP contribution in [0, 0.1) is 11.6 Å². The number of sulfonamides is 1. The van der Waals surface area contributed by atoms with Crippen LogP contribution in [0.15, 0.2) is 52.3 Å². The van der Waals surface area contributed by atoms with Gasteiger partial charge in [-0.05, 0) is 36.8 Å². The third-order valence-electron chi connectivity index (χ3n) is 4.27. The van der Waals surface area contributed by atoms with Crippen molar-refractivity contribution in [2.45, 2.75) is 21.5 Å². The van der Waals surface area contributed by atoms with Crippen LogP contribution in [-0.4, -0.2) is 42.0 Å². The average molecular weight is 451 g/mol. The van der Waals surface area contributed by atoms with Crippen molar-refractivity contribution in [1.29, 1.82) is 0 Å². The number of anilines is 1. The highest BCUT2D eigenvalue weighted by Gasteiger charge is 2.38. The minimum Gasteiger partial charge on any atom is -0.274 e. The Kier molecular flexibility index (Phi) is 5.23. The summed E-state index contributed by atoms with van der Waals surface area (Å²) in [6.07, 6.45) is -0.0830. The first-order valence-corrected chi connectivity index (χ1v) is 12.8. The number of para-hydroxylation sites is 1. The second-order valence-electron chi connectivity index (χ2n) is 6.25. The van der Waals surface area contributed by atoms with Gasteiger partial charge in [-0.2, -0.15) is 0 Å². The maximum atomic E-state index is 13.7. The van der Waals surface area contributed by atoms with Crippen molar-refractivity contribution in [3.63, 3.8) is 0 Å². The van der Waals surface area contributed by atoms with Crippen LogP contribution in [0.2, 0.25) is 0 Å². The number of sulfone groups is 2. The van der Waals surface area contributed by atoms with Crippen molar-refractivity contribution in [3.8, 4) is 0 Å². The summed E-state index contributed by atoms with van der Waals surface area (Å²) in [5.41, 5.74) is -0.891. The summed E-state index contributed by atoms with van der Waals surface area (Å²) in [5, 5.41) is -1.17.